The van der Waals surface area contributed by atoms with E-state index in [4.69, 9.17) is 10.5 Å². The first kappa shape index (κ1) is 9.77. The number of nitrogens with two attached hydrogens (primary N) is 1. The van der Waals surface area contributed by atoms with Crippen molar-refractivity contribution in [3.8, 4) is 5.88 Å². The Labute approximate surface area is 78.1 Å². The first-order chi connectivity index (χ1) is 5.88. The summed E-state index contributed by atoms with van der Waals surface area (Å²) < 4.78 is 5.58. The smallest absolute Gasteiger partial charge is 0.223 e. The van der Waals surface area contributed by atoms with Crippen LogP contribution < -0.4 is 10.5 Å². The number of ether oxygens (including phenoxy) is 1. The number of aryl methyl sites for hydroxylation is 1. The highest BCUT2D eigenvalue weighted by Crippen LogP contribution is 2.19. The molecule has 1 heterocycles. The predicted molar refractivity (Wildman–Crippen MR) is 51.6 cm³/mol. The van der Waals surface area contributed by atoms with Crippen molar-refractivity contribution in [2.45, 2.75) is 33.3 Å². The summed E-state index contributed by atoms with van der Waals surface area (Å²) in [5.41, 5.74) is 6.08. The highest BCUT2D eigenvalue weighted by Gasteiger charge is 2.14. The highest BCUT2D eigenvalue weighted by molar-refractivity contribution is 5.28. The summed E-state index contributed by atoms with van der Waals surface area (Å²) in [6.45, 7) is 7.78. The largest absolute Gasteiger partial charge is 0.472 e. The maximum Gasteiger partial charge on any atom is 0.223 e. The molecule has 0 radical (unpaired) electrons. The topological polar surface area (TPSA) is 61.0 Å². The van der Waals surface area contributed by atoms with E-state index >= 15 is 0 Å². The van der Waals surface area contributed by atoms with Gasteiger partial charge in [0, 0.05) is 11.8 Å². The summed E-state index contributed by atoms with van der Waals surface area (Å²) in [6, 6.07) is 0. The molecule has 13 heavy (non-hydrogen) atoms. The molecule has 1 aromatic rings. The van der Waals surface area contributed by atoms with Crippen LogP contribution in [0.4, 0.5) is 5.95 Å². The van der Waals surface area contributed by atoms with E-state index in [2.05, 4.69) is 9.97 Å². The molecular formula is C9H15N3O. The molecule has 4 nitrogen and oxygen atoms in total. The van der Waals surface area contributed by atoms with E-state index in [1.54, 1.807) is 6.20 Å². The van der Waals surface area contributed by atoms with Crippen molar-refractivity contribution in [3.05, 3.63) is 11.8 Å². The Bertz CT molecular complexity index is 304. The SMILES string of the molecule is Cc1cnc(N)nc1OC(C)(C)C. The van der Waals surface area contributed by atoms with Crippen molar-refractivity contribution < 1.29 is 4.74 Å². The van der Waals surface area contributed by atoms with Crippen molar-refractivity contribution in [1.82, 2.24) is 9.97 Å². The van der Waals surface area contributed by atoms with Gasteiger partial charge in [-0.3, -0.25) is 0 Å². The zero-order valence-corrected chi connectivity index (χ0v) is 8.46. The fourth-order valence-electron chi connectivity index (χ4n) is 0.833. The minimum Gasteiger partial charge on any atom is -0.472 e. The Morgan fingerprint density at radius 2 is 2.00 bits per heavy atom. The second-order valence-electron chi connectivity index (χ2n) is 3.93. The van der Waals surface area contributed by atoms with E-state index in [-0.39, 0.29) is 11.5 Å². The van der Waals surface area contributed by atoms with Gasteiger partial charge in [-0.25, -0.2) is 4.98 Å². The maximum absolute atomic E-state index is 5.58. The molecule has 0 aliphatic rings. The fourth-order valence-corrected chi connectivity index (χ4v) is 0.833. The van der Waals surface area contributed by atoms with Gasteiger partial charge in [-0.1, -0.05) is 0 Å². The Balaban J connectivity index is 2.94. The van der Waals surface area contributed by atoms with Crippen LogP contribution in [0.3, 0.4) is 0 Å². The summed E-state index contributed by atoms with van der Waals surface area (Å²) in [6.07, 6.45) is 1.66. The van der Waals surface area contributed by atoms with Gasteiger partial charge in [0.1, 0.15) is 5.60 Å². The third-order valence-corrected chi connectivity index (χ3v) is 1.35. The van der Waals surface area contributed by atoms with Crippen LogP contribution in [-0.4, -0.2) is 15.6 Å². The van der Waals surface area contributed by atoms with Crippen LogP contribution in [0.2, 0.25) is 0 Å². The molecule has 0 saturated heterocycles. The van der Waals surface area contributed by atoms with Gasteiger partial charge < -0.3 is 10.5 Å². The van der Waals surface area contributed by atoms with E-state index < -0.39 is 0 Å². The molecule has 1 rings (SSSR count). The standard InChI is InChI=1S/C9H15N3O/c1-6-5-11-8(10)12-7(6)13-9(2,3)4/h5H,1-4H3,(H2,10,11,12). The van der Waals surface area contributed by atoms with Gasteiger partial charge in [-0.05, 0) is 27.7 Å². The first-order valence-corrected chi connectivity index (χ1v) is 4.16. The van der Waals surface area contributed by atoms with Crippen molar-refractivity contribution in [2.75, 3.05) is 5.73 Å². The predicted octanol–water partition coefficient (Wildman–Crippen LogP) is 1.54. The molecule has 0 atom stereocenters. The van der Waals surface area contributed by atoms with E-state index in [9.17, 15) is 0 Å². The minimum absolute atomic E-state index is 0.241. The van der Waals surface area contributed by atoms with Gasteiger partial charge in [0.25, 0.3) is 0 Å². The Morgan fingerprint density at radius 3 is 2.54 bits per heavy atom. The van der Waals surface area contributed by atoms with Crippen LogP contribution in [0.5, 0.6) is 5.88 Å². The third kappa shape index (κ3) is 2.89. The Morgan fingerprint density at radius 1 is 1.38 bits per heavy atom. The van der Waals surface area contributed by atoms with Crippen LogP contribution in [0.25, 0.3) is 0 Å². The molecule has 0 fully saturated rings. The zero-order chi connectivity index (χ0) is 10.1. The minimum atomic E-state index is -0.258. The van der Waals surface area contributed by atoms with Crippen molar-refractivity contribution in [1.29, 1.82) is 0 Å². The van der Waals surface area contributed by atoms with Crippen LogP contribution >= 0.6 is 0 Å². The first-order valence-electron chi connectivity index (χ1n) is 4.16. The number of nitrogens with zero attached hydrogens (tertiary/aromatic N) is 2. The van der Waals surface area contributed by atoms with Crippen molar-refractivity contribution >= 4 is 5.95 Å². The molecule has 0 aliphatic carbocycles. The summed E-state index contributed by atoms with van der Waals surface area (Å²) in [4.78, 5) is 7.86. The van der Waals surface area contributed by atoms with Gasteiger partial charge in [-0.2, -0.15) is 4.98 Å². The molecule has 0 saturated carbocycles. The number of hydrogen-bond donors (Lipinski definition) is 1. The number of nitrogen functional groups attached to an aromatic ring is 1. The Hall–Kier alpha value is -1.32. The Kier molecular flexibility index (Phi) is 2.40. The molecule has 0 aliphatic heterocycles. The second kappa shape index (κ2) is 3.20. The highest BCUT2D eigenvalue weighted by atomic mass is 16.5. The number of hydrogen-bond acceptors (Lipinski definition) is 4. The van der Waals surface area contributed by atoms with Crippen LogP contribution in [0.1, 0.15) is 26.3 Å². The molecule has 72 valence electrons. The van der Waals surface area contributed by atoms with E-state index in [1.807, 2.05) is 27.7 Å². The molecule has 0 aromatic carbocycles. The lowest BCUT2D eigenvalue weighted by Crippen LogP contribution is -2.24. The van der Waals surface area contributed by atoms with Gasteiger partial charge in [-0.15, -0.1) is 0 Å². The molecule has 0 bridgehead atoms. The zero-order valence-electron chi connectivity index (χ0n) is 8.46. The fraction of sp³-hybridized carbons (Fsp3) is 0.556. The van der Waals surface area contributed by atoms with E-state index in [0.717, 1.165) is 5.56 Å². The lowest BCUT2D eigenvalue weighted by Gasteiger charge is -2.21. The molecule has 0 amide bonds. The number of aromatic nitrogens is 2. The van der Waals surface area contributed by atoms with E-state index in [1.165, 1.54) is 0 Å². The van der Waals surface area contributed by atoms with Gasteiger partial charge in [0.15, 0.2) is 0 Å². The lowest BCUT2D eigenvalue weighted by atomic mass is 10.2. The lowest BCUT2D eigenvalue weighted by molar-refractivity contribution is 0.123. The van der Waals surface area contributed by atoms with Crippen molar-refractivity contribution in [2.24, 2.45) is 0 Å². The summed E-state index contributed by atoms with van der Waals surface area (Å²) in [5, 5.41) is 0. The average molecular weight is 181 g/mol. The van der Waals surface area contributed by atoms with Crippen LogP contribution in [-0.2, 0) is 0 Å². The summed E-state index contributed by atoms with van der Waals surface area (Å²) in [5.74, 6) is 0.796. The average Bonchev–Trinajstić information content (AvgIpc) is 1.94. The molecule has 4 heteroatoms. The van der Waals surface area contributed by atoms with Gasteiger partial charge in [0.2, 0.25) is 11.8 Å². The molecule has 0 unspecified atom stereocenters. The number of rotatable bonds is 1. The molecule has 0 spiro atoms. The molecule has 2 N–H and O–H groups in total. The van der Waals surface area contributed by atoms with Gasteiger partial charge >= 0.3 is 0 Å². The van der Waals surface area contributed by atoms with Crippen molar-refractivity contribution in [3.63, 3.8) is 0 Å². The van der Waals surface area contributed by atoms with E-state index in [0.29, 0.717) is 5.88 Å². The second-order valence-corrected chi connectivity index (χ2v) is 3.93. The van der Waals surface area contributed by atoms with Gasteiger partial charge in [0.05, 0.1) is 0 Å². The summed E-state index contributed by atoms with van der Waals surface area (Å²) >= 11 is 0. The normalized spacial score (nSPS) is 11.4. The molecular weight excluding hydrogens is 166 g/mol. The third-order valence-electron chi connectivity index (χ3n) is 1.35. The van der Waals surface area contributed by atoms with Crippen LogP contribution in [0, 0.1) is 6.92 Å². The number of anilines is 1. The maximum atomic E-state index is 5.58. The quantitative estimate of drug-likeness (QED) is 0.714. The summed E-state index contributed by atoms with van der Waals surface area (Å²) in [7, 11) is 0. The molecule has 1 aromatic heterocycles. The monoisotopic (exact) mass is 181 g/mol. The van der Waals surface area contributed by atoms with Crippen LogP contribution in [0.15, 0.2) is 6.20 Å².